The monoisotopic (exact) mass is 439 g/mol. The molecule has 0 amide bonds. The van der Waals surface area contributed by atoms with Gasteiger partial charge < -0.3 is 0 Å². The minimum Gasteiger partial charge on any atom is -0.292 e. The van der Waals surface area contributed by atoms with Gasteiger partial charge in [0, 0.05) is 25.2 Å². The van der Waals surface area contributed by atoms with Crippen LogP contribution in [0.25, 0.3) is 33.8 Å². The predicted molar refractivity (Wildman–Crippen MR) is 128 cm³/mol. The summed E-state index contributed by atoms with van der Waals surface area (Å²) >= 11 is 0. The maximum absolute atomic E-state index is 13.0. The maximum Gasteiger partial charge on any atom is 0.330 e. The molecule has 0 unspecified atom stereocenters. The van der Waals surface area contributed by atoms with Gasteiger partial charge in [0.1, 0.15) is 11.2 Å². The first-order valence-electron chi connectivity index (χ1n) is 10.9. The van der Waals surface area contributed by atoms with Gasteiger partial charge in [0.25, 0.3) is 0 Å². The van der Waals surface area contributed by atoms with Gasteiger partial charge in [-0.1, -0.05) is 67.6 Å². The minimum absolute atomic E-state index is 0.119. The van der Waals surface area contributed by atoms with Crippen molar-refractivity contribution in [2.75, 3.05) is 0 Å². The van der Waals surface area contributed by atoms with Crippen molar-refractivity contribution >= 4 is 11.2 Å². The molecule has 0 aliphatic heterocycles. The Morgan fingerprint density at radius 1 is 1.00 bits per heavy atom. The zero-order valence-corrected chi connectivity index (χ0v) is 19.1. The molecule has 0 atom stereocenters. The van der Waals surface area contributed by atoms with Gasteiger partial charge in [0.05, 0.1) is 18.9 Å². The van der Waals surface area contributed by atoms with Crippen molar-refractivity contribution in [3.8, 4) is 22.6 Å². The van der Waals surface area contributed by atoms with E-state index >= 15 is 0 Å². The molecular formula is C25H25N7O. The van der Waals surface area contributed by atoms with Gasteiger partial charge in [-0.15, -0.1) is 5.10 Å². The van der Waals surface area contributed by atoms with E-state index < -0.39 is 0 Å². The largest absolute Gasteiger partial charge is 0.330 e. The lowest BCUT2D eigenvalue weighted by Gasteiger charge is -2.11. The van der Waals surface area contributed by atoms with Crippen LogP contribution in [0.15, 0.2) is 65.7 Å². The molecule has 5 rings (SSSR count). The Morgan fingerprint density at radius 3 is 2.45 bits per heavy atom. The SMILES string of the molecule is CC(C)c1ccccc1-c1ncc2c(n1)n(Cc1ccc(-c3cn(C)nn3)cc1)c(=O)n2C. The second kappa shape index (κ2) is 8.12. The average Bonchev–Trinajstić information content (AvgIpc) is 3.36. The number of hydrogen-bond acceptors (Lipinski definition) is 5. The third kappa shape index (κ3) is 3.73. The number of fused-ring (bicyclic) bond motifs is 1. The minimum atomic E-state index is -0.119. The molecule has 3 heterocycles. The number of imidazole rings is 1. The summed E-state index contributed by atoms with van der Waals surface area (Å²) in [5.41, 5.74) is 6.18. The third-order valence-electron chi connectivity index (χ3n) is 5.90. The van der Waals surface area contributed by atoms with Crippen molar-refractivity contribution in [1.82, 2.24) is 34.1 Å². The van der Waals surface area contributed by atoms with Crippen LogP contribution < -0.4 is 5.69 Å². The zero-order chi connectivity index (χ0) is 23.1. The van der Waals surface area contributed by atoms with Crippen molar-refractivity contribution in [3.05, 3.63) is 82.5 Å². The number of nitrogens with zero attached hydrogens (tertiary/aromatic N) is 7. The van der Waals surface area contributed by atoms with Crippen molar-refractivity contribution in [1.29, 1.82) is 0 Å². The van der Waals surface area contributed by atoms with Gasteiger partial charge in [-0.05, 0) is 17.0 Å². The summed E-state index contributed by atoms with van der Waals surface area (Å²) < 4.78 is 4.98. The van der Waals surface area contributed by atoms with Crippen molar-refractivity contribution in [2.45, 2.75) is 26.3 Å². The molecule has 0 spiro atoms. The highest BCUT2D eigenvalue weighted by molar-refractivity contribution is 5.74. The summed E-state index contributed by atoms with van der Waals surface area (Å²) in [6, 6.07) is 16.2. The first-order valence-corrected chi connectivity index (χ1v) is 10.9. The molecule has 8 heteroatoms. The molecule has 0 fully saturated rings. The number of hydrogen-bond donors (Lipinski definition) is 0. The Bertz CT molecular complexity index is 1510. The molecule has 0 bridgehead atoms. The van der Waals surface area contributed by atoms with Crippen molar-refractivity contribution in [3.63, 3.8) is 0 Å². The second-order valence-corrected chi connectivity index (χ2v) is 8.55. The van der Waals surface area contributed by atoms with E-state index in [0.29, 0.717) is 29.5 Å². The molecule has 0 N–H and O–H groups in total. The highest BCUT2D eigenvalue weighted by Gasteiger charge is 2.17. The van der Waals surface area contributed by atoms with E-state index in [1.165, 1.54) is 5.56 Å². The van der Waals surface area contributed by atoms with Crippen LogP contribution in [0.1, 0.15) is 30.9 Å². The molecular weight excluding hydrogens is 414 g/mol. The Hall–Kier alpha value is -4.07. The van der Waals surface area contributed by atoms with E-state index in [9.17, 15) is 4.79 Å². The zero-order valence-electron chi connectivity index (χ0n) is 19.1. The fraction of sp³-hybridized carbons (Fsp3) is 0.240. The quantitative estimate of drug-likeness (QED) is 0.416. The van der Waals surface area contributed by atoms with E-state index in [-0.39, 0.29) is 5.69 Å². The first kappa shape index (κ1) is 20.8. The van der Waals surface area contributed by atoms with Gasteiger partial charge in [-0.3, -0.25) is 13.8 Å². The molecule has 0 radical (unpaired) electrons. The average molecular weight is 440 g/mol. The topological polar surface area (TPSA) is 83.4 Å². The van der Waals surface area contributed by atoms with Crippen LogP contribution in [0.3, 0.4) is 0 Å². The number of aryl methyl sites for hydroxylation is 2. The van der Waals surface area contributed by atoms with Gasteiger partial charge in [-0.25, -0.2) is 14.8 Å². The van der Waals surface area contributed by atoms with Gasteiger partial charge in [-0.2, -0.15) is 0 Å². The molecule has 2 aromatic carbocycles. The van der Waals surface area contributed by atoms with Crippen LogP contribution in [-0.2, 0) is 20.6 Å². The Kier molecular flexibility index (Phi) is 5.12. The summed E-state index contributed by atoms with van der Waals surface area (Å²) in [4.78, 5) is 22.5. The Balaban J connectivity index is 1.55. The van der Waals surface area contributed by atoms with Gasteiger partial charge in [0.2, 0.25) is 0 Å². The lowest BCUT2D eigenvalue weighted by Crippen LogP contribution is -2.22. The normalized spacial score (nSPS) is 11.5. The standard InChI is InChI=1S/C25H25N7O/c1-16(2)19-7-5-6-8-20(19)23-26-13-22-24(27-23)32(25(33)31(22)4)14-17-9-11-18(12-10-17)21-15-30(3)29-28-21/h5-13,15-16H,14H2,1-4H3. The first-order chi connectivity index (χ1) is 15.9. The second-order valence-electron chi connectivity index (χ2n) is 8.55. The van der Waals surface area contributed by atoms with Crippen LogP contribution in [0.2, 0.25) is 0 Å². The van der Waals surface area contributed by atoms with Crippen molar-refractivity contribution in [2.24, 2.45) is 14.1 Å². The van der Waals surface area contributed by atoms with Crippen LogP contribution >= 0.6 is 0 Å². The number of rotatable bonds is 5. The molecule has 33 heavy (non-hydrogen) atoms. The van der Waals surface area contributed by atoms with E-state index in [0.717, 1.165) is 22.4 Å². The Morgan fingerprint density at radius 2 is 1.76 bits per heavy atom. The summed E-state index contributed by atoms with van der Waals surface area (Å²) in [6.45, 7) is 4.72. The molecule has 0 aliphatic carbocycles. The number of benzene rings is 2. The number of aromatic nitrogens is 7. The molecule has 3 aromatic heterocycles. The lowest BCUT2D eigenvalue weighted by atomic mass is 9.97. The summed E-state index contributed by atoms with van der Waals surface area (Å²) in [5, 5.41) is 8.14. The van der Waals surface area contributed by atoms with E-state index in [1.54, 1.807) is 27.1 Å². The lowest BCUT2D eigenvalue weighted by molar-refractivity contribution is 0.715. The van der Waals surface area contributed by atoms with Gasteiger partial charge >= 0.3 is 5.69 Å². The third-order valence-corrected chi connectivity index (χ3v) is 5.90. The fourth-order valence-corrected chi connectivity index (χ4v) is 4.10. The summed E-state index contributed by atoms with van der Waals surface area (Å²) in [6.07, 6.45) is 3.61. The Labute approximate surface area is 191 Å². The molecule has 0 aliphatic rings. The molecule has 166 valence electrons. The molecule has 5 aromatic rings. The van der Waals surface area contributed by atoms with Gasteiger partial charge in [0.15, 0.2) is 11.5 Å². The van der Waals surface area contributed by atoms with Crippen molar-refractivity contribution < 1.29 is 0 Å². The highest BCUT2D eigenvalue weighted by Crippen LogP contribution is 2.27. The predicted octanol–water partition coefficient (Wildman–Crippen LogP) is 3.76. The van der Waals surface area contributed by atoms with Crippen LogP contribution in [0.5, 0.6) is 0 Å². The van der Waals surface area contributed by atoms with E-state index in [2.05, 4.69) is 35.2 Å². The molecule has 0 saturated heterocycles. The summed E-state index contributed by atoms with van der Waals surface area (Å²) in [5.74, 6) is 0.968. The van der Waals surface area contributed by atoms with Crippen LogP contribution in [0.4, 0.5) is 0 Å². The smallest absolute Gasteiger partial charge is 0.292 e. The highest BCUT2D eigenvalue weighted by atomic mass is 16.1. The fourth-order valence-electron chi connectivity index (χ4n) is 4.10. The van der Waals surface area contributed by atoms with Crippen LogP contribution in [0, 0.1) is 0 Å². The van der Waals surface area contributed by atoms with E-state index in [4.69, 9.17) is 4.98 Å². The van der Waals surface area contributed by atoms with E-state index in [1.807, 2.05) is 55.7 Å². The van der Waals surface area contributed by atoms with Crippen LogP contribution in [-0.4, -0.2) is 34.1 Å². The molecule has 0 saturated carbocycles. The molecule has 8 nitrogen and oxygen atoms in total. The maximum atomic E-state index is 13.0. The summed E-state index contributed by atoms with van der Waals surface area (Å²) in [7, 11) is 3.59.